The van der Waals surface area contributed by atoms with Crippen LogP contribution >= 0.6 is 0 Å². The Morgan fingerprint density at radius 1 is 1.17 bits per heavy atom. The Morgan fingerprint density at radius 2 is 1.94 bits per heavy atom. The zero-order chi connectivity index (χ0) is 13.0. The van der Waals surface area contributed by atoms with Crippen molar-refractivity contribution in [2.45, 2.75) is 32.7 Å². The van der Waals surface area contributed by atoms with Crippen LogP contribution in [0.4, 0.5) is 0 Å². The van der Waals surface area contributed by atoms with Crippen molar-refractivity contribution < 1.29 is 0 Å². The summed E-state index contributed by atoms with van der Waals surface area (Å²) in [6.07, 6.45) is 4.40. The van der Waals surface area contributed by atoms with Gasteiger partial charge in [-0.1, -0.05) is 32.0 Å². The molecule has 2 aromatic rings. The molecule has 2 heteroatoms. The Bertz CT molecular complexity index is 505. The fraction of sp³-hybridized carbons (Fsp3) is 0.438. The Kier molecular flexibility index (Phi) is 4.32. The molecule has 1 atom stereocenters. The van der Waals surface area contributed by atoms with E-state index < -0.39 is 0 Å². The van der Waals surface area contributed by atoms with Crippen LogP contribution in [0, 0.1) is 5.92 Å². The molecule has 0 spiro atoms. The zero-order valence-electron chi connectivity index (χ0n) is 11.5. The maximum Gasteiger partial charge on any atom is 0.0702 e. The van der Waals surface area contributed by atoms with Crippen molar-refractivity contribution in [3.05, 3.63) is 42.1 Å². The van der Waals surface area contributed by atoms with Crippen LogP contribution in [0.3, 0.4) is 0 Å². The number of fused-ring (bicyclic) bond motifs is 1. The fourth-order valence-corrected chi connectivity index (χ4v) is 2.26. The minimum Gasteiger partial charge on any atom is -0.313 e. The van der Waals surface area contributed by atoms with Crippen molar-refractivity contribution in [2.24, 2.45) is 5.92 Å². The summed E-state index contributed by atoms with van der Waals surface area (Å²) in [5.41, 5.74) is 2.36. The quantitative estimate of drug-likeness (QED) is 0.859. The molecule has 0 aliphatic rings. The number of aromatic nitrogens is 1. The number of para-hydroxylation sites is 1. The molecule has 18 heavy (non-hydrogen) atoms. The van der Waals surface area contributed by atoms with E-state index in [0.29, 0.717) is 6.04 Å². The predicted molar refractivity (Wildman–Crippen MR) is 77.6 cm³/mol. The van der Waals surface area contributed by atoms with Crippen LogP contribution in [0.15, 0.2) is 36.5 Å². The summed E-state index contributed by atoms with van der Waals surface area (Å²) in [5, 5.41) is 4.62. The van der Waals surface area contributed by atoms with Gasteiger partial charge in [-0.3, -0.25) is 4.98 Å². The van der Waals surface area contributed by atoms with Crippen molar-refractivity contribution in [1.82, 2.24) is 10.3 Å². The molecule has 1 unspecified atom stereocenters. The van der Waals surface area contributed by atoms with Gasteiger partial charge in [0.2, 0.25) is 0 Å². The number of hydrogen-bond acceptors (Lipinski definition) is 2. The first-order valence-electron chi connectivity index (χ1n) is 6.72. The molecule has 0 radical (unpaired) electrons. The average molecular weight is 242 g/mol. The summed E-state index contributed by atoms with van der Waals surface area (Å²) < 4.78 is 0. The topological polar surface area (TPSA) is 24.9 Å². The molecule has 0 bridgehead atoms. The number of nitrogens with zero attached hydrogens (tertiary/aromatic N) is 1. The standard InChI is InChI=1S/C16H22N2/c1-12(2)8-9-15(17-3)14-10-13-6-4-5-7-16(13)18-11-14/h4-7,10-12,15,17H,8-9H2,1-3H3. The van der Waals surface area contributed by atoms with Crippen LogP contribution < -0.4 is 5.32 Å². The lowest BCUT2D eigenvalue weighted by Gasteiger charge is -2.17. The highest BCUT2D eigenvalue weighted by atomic mass is 14.9. The molecular weight excluding hydrogens is 220 g/mol. The molecule has 0 aliphatic carbocycles. The monoisotopic (exact) mass is 242 g/mol. The molecule has 0 saturated heterocycles. The fourth-order valence-electron chi connectivity index (χ4n) is 2.26. The molecule has 1 aromatic heterocycles. The lowest BCUT2D eigenvalue weighted by Crippen LogP contribution is -2.17. The summed E-state index contributed by atoms with van der Waals surface area (Å²) in [4.78, 5) is 4.54. The van der Waals surface area contributed by atoms with Crippen LogP contribution in [0.2, 0.25) is 0 Å². The Balaban J connectivity index is 2.22. The molecule has 0 amide bonds. The molecule has 1 heterocycles. The zero-order valence-corrected chi connectivity index (χ0v) is 11.5. The van der Waals surface area contributed by atoms with Crippen molar-refractivity contribution in [1.29, 1.82) is 0 Å². The third-order valence-corrected chi connectivity index (χ3v) is 3.40. The Hall–Kier alpha value is -1.41. The minimum atomic E-state index is 0.407. The highest BCUT2D eigenvalue weighted by Gasteiger charge is 2.10. The smallest absolute Gasteiger partial charge is 0.0702 e. The van der Waals surface area contributed by atoms with E-state index >= 15 is 0 Å². The number of benzene rings is 1. The molecule has 2 rings (SSSR count). The Labute approximate surface area is 109 Å². The van der Waals surface area contributed by atoms with Gasteiger partial charge in [0.1, 0.15) is 0 Å². The van der Waals surface area contributed by atoms with Crippen molar-refractivity contribution >= 4 is 10.9 Å². The largest absolute Gasteiger partial charge is 0.313 e. The molecule has 0 aliphatic heterocycles. The highest BCUT2D eigenvalue weighted by Crippen LogP contribution is 2.23. The van der Waals surface area contributed by atoms with Gasteiger partial charge in [-0.05, 0) is 43.5 Å². The van der Waals surface area contributed by atoms with Crippen LogP contribution in [0.1, 0.15) is 38.3 Å². The highest BCUT2D eigenvalue weighted by molar-refractivity contribution is 5.78. The molecule has 96 valence electrons. The van der Waals surface area contributed by atoms with Gasteiger partial charge in [-0.25, -0.2) is 0 Å². The van der Waals surface area contributed by atoms with E-state index in [2.05, 4.69) is 48.4 Å². The van der Waals surface area contributed by atoms with Crippen LogP contribution in [0.25, 0.3) is 10.9 Å². The molecule has 1 N–H and O–H groups in total. The van der Waals surface area contributed by atoms with Crippen LogP contribution in [0.5, 0.6) is 0 Å². The molecular formula is C16H22N2. The normalized spacial score (nSPS) is 13.1. The van der Waals surface area contributed by atoms with E-state index in [1.54, 1.807) is 0 Å². The summed E-state index contributed by atoms with van der Waals surface area (Å²) in [7, 11) is 2.03. The van der Waals surface area contributed by atoms with E-state index in [1.807, 2.05) is 19.3 Å². The molecule has 1 aromatic carbocycles. The number of nitrogens with one attached hydrogen (secondary N) is 1. The van der Waals surface area contributed by atoms with Crippen LogP contribution in [-0.4, -0.2) is 12.0 Å². The first-order valence-corrected chi connectivity index (χ1v) is 6.72. The summed E-state index contributed by atoms with van der Waals surface area (Å²) in [5.74, 6) is 0.745. The van der Waals surface area contributed by atoms with E-state index in [4.69, 9.17) is 0 Å². The van der Waals surface area contributed by atoms with Gasteiger partial charge >= 0.3 is 0 Å². The third-order valence-electron chi connectivity index (χ3n) is 3.40. The maximum atomic E-state index is 4.54. The minimum absolute atomic E-state index is 0.407. The van der Waals surface area contributed by atoms with Crippen molar-refractivity contribution in [3.8, 4) is 0 Å². The van der Waals surface area contributed by atoms with Crippen molar-refractivity contribution in [3.63, 3.8) is 0 Å². The van der Waals surface area contributed by atoms with E-state index in [9.17, 15) is 0 Å². The first kappa shape index (κ1) is 13.0. The van der Waals surface area contributed by atoms with E-state index in [0.717, 1.165) is 17.9 Å². The van der Waals surface area contributed by atoms with E-state index in [-0.39, 0.29) is 0 Å². The third kappa shape index (κ3) is 3.08. The van der Waals surface area contributed by atoms with E-state index in [1.165, 1.54) is 17.4 Å². The van der Waals surface area contributed by atoms with Gasteiger partial charge in [0.05, 0.1) is 5.52 Å². The van der Waals surface area contributed by atoms with Crippen LogP contribution in [-0.2, 0) is 0 Å². The lowest BCUT2D eigenvalue weighted by molar-refractivity contribution is 0.464. The Morgan fingerprint density at radius 3 is 2.67 bits per heavy atom. The second kappa shape index (κ2) is 5.96. The number of pyridine rings is 1. The summed E-state index contributed by atoms with van der Waals surface area (Å²) in [6, 6.07) is 10.9. The predicted octanol–water partition coefficient (Wildman–Crippen LogP) is 3.93. The van der Waals surface area contributed by atoms with Gasteiger partial charge in [0, 0.05) is 17.6 Å². The van der Waals surface area contributed by atoms with Crippen molar-refractivity contribution in [2.75, 3.05) is 7.05 Å². The van der Waals surface area contributed by atoms with Gasteiger partial charge in [-0.2, -0.15) is 0 Å². The molecule has 0 saturated carbocycles. The average Bonchev–Trinajstić information content (AvgIpc) is 2.39. The second-order valence-corrected chi connectivity index (χ2v) is 5.27. The van der Waals surface area contributed by atoms with Gasteiger partial charge in [0.15, 0.2) is 0 Å². The summed E-state index contributed by atoms with van der Waals surface area (Å²) >= 11 is 0. The van der Waals surface area contributed by atoms with Gasteiger partial charge in [0.25, 0.3) is 0 Å². The number of hydrogen-bond donors (Lipinski definition) is 1. The van der Waals surface area contributed by atoms with Gasteiger partial charge in [-0.15, -0.1) is 0 Å². The SMILES string of the molecule is CNC(CCC(C)C)c1cnc2ccccc2c1. The number of rotatable bonds is 5. The molecule has 2 nitrogen and oxygen atoms in total. The molecule has 0 fully saturated rings. The summed E-state index contributed by atoms with van der Waals surface area (Å²) in [6.45, 7) is 4.54. The first-order chi connectivity index (χ1) is 8.70. The maximum absolute atomic E-state index is 4.54. The van der Waals surface area contributed by atoms with Gasteiger partial charge < -0.3 is 5.32 Å². The lowest BCUT2D eigenvalue weighted by atomic mass is 9.98. The second-order valence-electron chi connectivity index (χ2n) is 5.27.